The summed E-state index contributed by atoms with van der Waals surface area (Å²) in [5.74, 6) is 26.7. The molecule has 0 saturated heterocycles. The van der Waals surface area contributed by atoms with Crippen LogP contribution in [0.2, 0.25) is 0 Å². The zero-order valence-electron chi connectivity index (χ0n) is 32.6. The third-order valence-electron chi connectivity index (χ3n) is 8.02. The van der Waals surface area contributed by atoms with Gasteiger partial charge in [-0.05, 0) is 72.5 Å². The van der Waals surface area contributed by atoms with E-state index >= 15 is 0 Å². The fourth-order valence-electron chi connectivity index (χ4n) is 5.20. The molecular formula is C39H76O16P2S. The highest BCUT2D eigenvalue weighted by Gasteiger charge is 2.54. The Labute approximate surface area is 364 Å². The van der Waals surface area contributed by atoms with Crippen molar-refractivity contribution in [3.8, 4) is 71.0 Å². The molecule has 1 fully saturated rings. The fourth-order valence-corrected chi connectivity index (χ4v) is 6.74. The molecular weight excluding hydrogens is 818 g/mol. The number of unbranched alkanes of at least 4 members (excludes halogenated alkanes) is 12. The van der Waals surface area contributed by atoms with Crippen molar-refractivity contribution in [1.82, 2.24) is 0 Å². The van der Waals surface area contributed by atoms with Gasteiger partial charge in [-0.25, -0.2) is 13.9 Å². The van der Waals surface area contributed by atoms with E-state index in [-0.39, 0.29) is 35.6 Å². The van der Waals surface area contributed by atoms with Gasteiger partial charge < -0.3 is 44.6 Å². The summed E-state index contributed by atoms with van der Waals surface area (Å²) in [4.78, 5) is 53.2. The molecule has 0 aromatic heterocycles. The maximum absolute atomic E-state index is 12.8. The minimum Gasteiger partial charge on any atom is -0.456 e. The number of carbonyl (C=O) groups is 2. The van der Waals surface area contributed by atoms with Crippen molar-refractivity contribution in [3.63, 3.8) is 0 Å². The molecule has 1 aliphatic carbocycles. The molecule has 0 amide bonds. The summed E-state index contributed by atoms with van der Waals surface area (Å²) in [6.07, 6.45) is -0.999. The van der Waals surface area contributed by atoms with E-state index in [1.54, 1.807) is 6.92 Å². The van der Waals surface area contributed by atoms with Crippen molar-refractivity contribution in [2.75, 3.05) is 13.2 Å². The second-order valence-corrected chi connectivity index (χ2v) is 15.3. The Kier molecular flexibility index (Phi) is 29.8. The van der Waals surface area contributed by atoms with Crippen molar-refractivity contribution in [3.05, 3.63) is 0 Å². The third kappa shape index (κ3) is 25.9. The number of hydrogen-bond donors (Lipinski definition) is 7. The predicted octanol–water partition coefficient (Wildman–Crippen LogP) is 5.22. The maximum Gasteiger partial charge on any atom is 0.472 e. The van der Waals surface area contributed by atoms with Gasteiger partial charge in [0.25, 0.3) is 0 Å². The zero-order valence-corrected chi connectivity index (χ0v) is 35.3. The summed E-state index contributed by atoms with van der Waals surface area (Å²) in [6, 6.07) is 0. The number of aliphatic hydroxyl groups excluding tert-OH is 4. The molecule has 8 atom stereocenters. The Morgan fingerprint density at radius 1 is 0.621 bits per heavy atom. The monoisotopic (exact) mass is 894 g/mol. The average Bonchev–Trinajstić information content (AvgIpc) is 3.16. The second kappa shape index (κ2) is 31.6. The normalized spacial score (nSPS) is 20.8. The molecule has 1 aliphatic rings. The molecule has 0 heterocycles. The topological polar surface area (TPSA) is 256 Å². The first-order valence-electron chi connectivity index (χ1n) is 18.5. The first-order valence-corrected chi connectivity index (χ1v) is 21.5. The van der Waals surface area contributed by atoms with Crippen LogP contribution in [0.5, 0.6) is 0 Å². The summed E-state index contributed by atoms with van der Waals surface area (Å²) in [7, 11) is -10.7. The molecule has 16 nitrogen and oxygen atoms in total. The van der Waals surface area contributed by atoms with Gasteiger partial charge in [0.05, 0.1) is 6.61 Å². The van der Waals surface area contributed by atoms with E-state index in [9.17, 15) is 44.0 Å². The Hall–Kier alpha value is -3.29. The summed E-state index contributed by atoms with van der Waals surface area (Å²) in [5.41, 5.74) is 0. The van der Waals surface area contributed by atoms with E-state index in [1.807, 2.05) is 0 Å². The van der Waals surface area contributed by atoms with Crippen LogP contribution in [0.1, 0.15) is 119 Å². The van der Waals surface area contributed by atoms with E-state index in [1.165, 1.54) is 44.9 Å². The first-order chi connectivity index (χ1) is 27.1. The Morgan fingerprint density at radius 3 is 1.48 bits per heavy atom. The van der Waals surface area contributed by atoms with E-state index in [2.05, 4.69) is 82.5 Å². The number of aliphatic hydroxyl groups is 4. The molecule has 19 heteroatoms. The number of esters is 2. The van der Waals surface area contributed by atoms with Crippen LogP contribution in [0.4, 0.5) is 0 Å². The molecule has 0 aliphatic heterocycles. The molecule has 1 saturated carbocycles. The molecule has 344 valence electrons. The molecule has 5 unspecified atom stereocenters. The molecule has 0 spiro atoms. The number of hydrogen-bond acceptors (Lipinski definition) is 13. The number of phosphoric ester groups is 2. The summed E-state index contributed by atoms with van der Waals surface area (Å²) in [5, 5.41) is 41.2. The van der Waals surface area contributed by atoms with Gasteiger partial charge in [-0.2, -0.15) is 13.5 Å². The van der Waals surface area contributed by atoms with Gasteiger partial charge >= 0.3 is 27.6 Å². The predicted molar refractivity (Wildman–Crippen MR) is 239 cm³/mol. The third-order valence-corrected chi connectivity index (χ3v) is 9.52. The largest absolute Gasteiger partial charge is 0.472 e. The first kappa shape index (κ1) is 54.7. The molecule has 0 radical (unpaired) electrons. The van der Waals surface area contributed by atoms with Gasteiger partial charge in [-0.3, -0.25) is 18.4 Å². The van der Waals surface area contributed by atoms with Crippen LogP contribution in [0, 0.1) is 71.0 Å². The average molecular weight is 895 g/mol. The van der Waals surface area contributed by atoms with E-state index in [0.717, 1.165) is 32.1 Å². The highest BCUT2D eigenvalue weighted by molar-refractivity contribution is 7.59. The van der Waals surface area contributed by atoms with Crippen molar-refractivity contribution in [2.45, 2.75) is 146 Å². The van der Waals surface area contributed by atoms with Gasteiger partial charge in [0.15, 0.2) is 6.10 Å². The maximum atomic E-state index is 12.8. The second-order valence-electron chi connectivity index (χ2n) is 12.7. The van der Waals surface area contributed by atoms with Crippen molar-refractivity contribution >= 4 is 41.1 Å². The molecule has 7 N–H and O–H groups in total. The van der Waals surface area contributed by atoms with Crippen LogP contribution in [-0.2, 0) is 41.8 Å². The van der Waals surface area contributed by atoms with Crippen LogP contribution in [0.25, 0.3) is 0 Å². The van der Waals surface area contributed by atoms with E-state index in [0.29, 0.717) is 6.42 Å². The van der Waals surface area contributed by atoms with Crippen LogP contribution >= 0.6 is 29.1 Å². The smallest absolute Gasteiger partial charge is 0.456 e. The van der Waals surface area contributed by atoms with Crippen molar-refractivity contribution in [2.24, 2.45) is 0 Å². The van der Waals surface area contributed by atoms with Crippen molar-refractivity contribution < 1.29 is 92.6 Å². The fraction of sp³-hybridized carbons (Fsp3) is 0.641. The van der Waals surface area contributed by atoms with Crippen LogP contribution in [0.15, 0.2) is 0 Å². The lowest BCUT2D eigenvalue weighted by Crippen LogP contribution is -2.64. The van der Waals surface area contributed by atoms with Gasteiger partial charge in [0.1, 0.15) is 43.2 Å². The van der Waals surface area contributed by atoms with E-state index in [4.69, 9.17) is 28.3 Å². The van der Waals surface area contributed by atoms with Gasteiger partial charge in [-0.15, -0.1) is 0 Å². The minimum atomic E-state index is -5.34. The van der Waals surface area contributed by atoms with Gasteiger partial charge in [-0.1, -0.05) is 89.9 Å². The Balaban J connectivity index is -0.000000271. The van der Waals surface area contributed by atoms with Crippen molar-refractivity contribution in [1.29, 1.82) is 0 Å². The number of ether oxygens (including phenoxy) is 2. The number of phosphoric acid groups is 2. The van der Waals surface area contributed by atoms with Crippen LogP contribution in [0.3, 0.4) is 0 Å². The lowest BCUT2D eigenvalue weighted by atomic mass is 9.85. The van der Waals surface area contributed by atoms with Gasteiger partial charge in [0, 0.05) is 28.0 Å². The molecule has 0 aromatic carbocycles. The summed E-state index contributed by atoms with van der Waals surface area (Å²) in [6.45, 7) is 2.18. The molecule has 0 bridgehead atoms. The molecule has 58 heavy (non-hydrogen) atoms. The minimum absolute atomic E-state index is 0. The van der Waals surface area contributed by atoms with E-state index < -0.39 is 83.5 Å². The zero-order chi connectivity index (χ0) is 42.5. The quantitative estimate of drug-likeness (QED) is 0.0216. The lowest BCUT2D eigenvalue weighted by Gasteiger charge is -2.43. The Bertz CT molecular complexity index is 1780. The summed E-state index contributed by atoms with van der Waals surface area (Å²) < 4.78 is 48.2. The lowest BCUT2D eigenvalue weighted by molar-refractivity contribution is -0.216. The SMILES string of the molecule is CC#CC#CC#CC#CC#CC#CC(=O)OC[C@H](COP(=O)(O)OC1C(O)[C@H](O)C(OP(=O)(O)O)C(O)[C@@H]1O)OC(=O)CCCCCCCCCCCCCCC.S.[HH].[HH].[HH].[HH].[HH].[HH].[HH].[HH].[HH].[HH].[HH]. The van der Waals surface area contributed by atoms with Crippen LogP contribution in [-0.4, -0.2) is 103 Å². The molecule has 0 aromatic rings. The molecule has 1 rings (SSSR count). The highest BCUT2D eigenvalue weighted by atomic mass is 32.1. The van der Waals surface area contributed by atoms with Gasteiger partial charge in [0.2, 0.25) is 0 Å². The number of rotatable bonds is 24. The summed E-state index contributed by atoms with van der Waals surface area (Å²) >= 11 is 0. The van der Waals surface area contributed by atoms with Crippen LogP contribution < -0.4 is 0 Å². The standard InChI is InChI=1S/C39H52O16P2.H2S.11H2/c1-3-5-7-9-11-13-15-16-18-20-22-24-26-28-33(41)53-31(29-51-32(40)27-25-23-21-19-17-14-12-10-8-6-4-2)30-52-57(49,50)55-39-36(44)34(42)38(35(43)37(39)45)54-56(46,47)48;;;;;;;;;;;;/h31,34-39,42-45H,3,5,7,9,11,13,15-16,18,20,22,24,26,28-30H2,1-2H3,(H,49,50)(H2,46,47,48);1H2;11*1H/t31-,34+,35?,36?,37+,38?,39?;;;;;;;;;;;;/m1............/s1. The number of carbonyl (C=O) groups excluding carboxylic acids is 2. The highest BCUT2D eigenvalue weighted by Crippen LogP contribution is 2.48. The Morgan fingerprint density at radius 2 is 1.03 bits per heavy atom.